The minimum atomic E-state index is 0.242. The third-order valence-corrected chi connectivity index (χ3v) is 3.44. The molecule has 0 fully saturated rings. The predicted octanol–water partition coefficient (Wildman–Crippen LogP) is 3.40. The minimum absolute atomic E-state index is 0.242. The summed E-state index contributed by atoms with van der Waals surface area (Å²) in [6.45, 7) is 2.85. The Morgan fingerprint density at radius 2 is 2.22 bits per heavy atom. The highest BCUT2D eigenvalue weighted by Gasteiger charge is 2.05. The molecule has 0 radical (unpaired) electrons. The molecular weight excluding hydrogens is 292 g/mol. The highest BCUT2D eigenvalue weighted by atomic mass is 79.9. The quantitative estimate of drug-likeness (QED) is 0.910. The highest BCUT2D eigenvalue weighted by Crippen LogP contribution is 2.24. The molecule has 1 heterocycles. The monoisotopic (exact) mass is 306 g/mol. The lowest BCUT2D eigenvalue weighted by Gasteiger charge is -2.14. The lowest BCUT2D eigenvalue weighted by molar-refractivity contribution is 0.471. The van der Waals surface area contributed by atoms with Gasteiger partial charge in [0.1, 0.15) is 5.75 Å². The molecule has 0 aliphatic carbocycles. The first-order valence-electron chi connectivity index (χ1n) is 5.77. The van der Waals surface area contributed by atoms with Crippen molar-refractivity contribution in [2.24, 2.45) is 0 Å². The van der Waals surface area contributed by atoms with Gasteiger partial charge in [0.25, 0.3) is 0 Å². The van der Waals surface area contributed by atoms with Gasteiger partial charge in [-0.15, -0.1) is 0 Å². The molecule has 1 atom stereocenters. The van der Waals surface area contributed by atoms with Crippen LogP contribution in [0, 0.1) is 0 Å². The van der Waals surface area contributed by atoms with Gasteiger partial charge >= 0.3 is 0 Å². The first-order chi connectivity index (χ1) is 8.66. The average molecular weight is 307 g/mol. The van der Waals surface area contributed by atoms with E-state index >= 15 is 0 Å². The number of halogens is 1. The van der Waals surface area contributed by atoms with E-state index in [0.29, 0.717) is 0 Å². The maximum atomic E-state index is 9.42. The van der Waals surface area contributed by atoms with Crippen LogP contribution in [0.25, 0.3) is 0 Å². The summed E-state index contributed by atoms with van der Waals surface area (Å²) in [5.74, 6) is 0.263. The first-order valence-corrected chi connectivity index (χ1v) is 6.57. The summed E-state index contributed by atoms with van der Waals surface area (Å²) in [7, 11) is 0. The Kier molecular flexibility index (Phi) is 4.33. The molecule has 0 spiro atoms. The zero-order valence-corrected chi connectivity index (χ0v) is 11.7. The summed E-state index contributed by atoms with van der Waals surface area (Å²) in [6, 6.07) is 9.74. The van der Waals surface area contributed by atoms with Crippen molar-refractivity contribution in [2.75, 3.05) is 0 Å². The molecule has 2 N–H and O–H groups in total. The summed E-state index contributed by atoms with van der Waals surface area (Å²) >= 11 is 3.31. The van der Waals surface area contributed by atoms with Crippen LogP contribution in [0.2, 0.25) is 0 Å². The number of hydrogen-bond acceptors (Lipinski definition) is 3. The molecule has 1 aromatic heterocycles. The maximum Gasteiger partial charge on any atom is 0.129 e. The Balaban J connectivity index is 1.97. The summed E-state index contributed by atoms with van der Waals surface area (Å²) in [6.07, 6.45) is 3.64. The summed E-state index contributed by atoms with van der Waals surface area (Å²) < 4.78 is 0.718. The molecular formula is C14H15BrN2O. The van der Waals surface area contributed by atoms with Crippen LogP contribution >= 0.6 is 15.9 Å². The molecule has 0 bridgehead atoms. The van der Waals surface area contributed by atoms with Gasteiger partial charge in [0.2, 0.25) is 0 Å². The van der Waals surface area contributed by atoms with Crippen LogP contribution in [0.4, 0.5) is 0 Å². The van der Waals surface area contributed by atoms with E-state index in [-0.39, 0.29) is 11.8 Å². The fourth-order valence-corrected chi connectivity index (χ4v) is 2.11. The summed E-state index contributed by atoms with van der Waals surface area (Å²) in [5.41, 5.74) is 2.28. The van der Waals surface area contributed by atoms with Gasteiger partial charge in [-0.3, -0.25) is 4.98 Å². The van der Waals surface area contributed by atoms with Gasteiger partial charge in [-0.1, -0.05) is 12.1 Å². The van der Waals surface area contributed by atoms with Crippen LogP contribution in [-0.2, 0) is 6.54 Å². The molecule has 1 unspecified atom stereocenters. The average Bonchev–Trinajstić information content (AvgIpc) is 2.41. The van der Waals surface area contributed by atoms with Crippen molar-refractivity contribution in [3.63, 3.8) is 0 Å². The van der Waals surface area contributed by atoms with E-state index in [2.05, 4.69) is 39.2 Å². The van der Waals surface area contributed by atoms with Crippen LogP contribution in [0.15, 0.2) is 47.2 Å². The number of aromatic nitrogens is 1. The van der Waals surface area contributed by atoms with E-state index < -0.39 is 0 Å². The smallest absolute Gasteiger partial charge is 0.129 e. The molecule has 1 aromatic carbocycles. The van der Waals surface area contributed by atoms with Gasteiger partial charge in [0.05, 0.1) is 4.47 Å². The standard InChI is InChI=1S/C14H15BrN2O/c1-10(12-3-2-6-16-9-12)17-8-11-4-5-14(18)13(15)7-11/h2-7,9-10,17-18H,8H2,1H3. The zero-order valence-electron chi connectivity index (χ0n) is 10.1. The Morgan fingerprint density at radius 3 is 2.89 bits per heavy atom. The van der Waals surface area contributed by atoms with Crippen molar-refractivity contribution in [1.29, 1.82) is 0 Å². The zero-order chi connectivity index (χ0) is 13.0. The molecule has 94 valence electrons. The number of hydrogen-bond donors (Lipinski definition) is 2. The van der Waals surface area contributed by atoms with Crippen LogP contribution in [0.1, 0.15) is 24.1 Å². The van der Waals surface area contributed by atoms with Crippen LogP contribution < -0.4 is 5.32 Å². The van der Waals surface area contributed by atoms with Crippen molar-refractivity contribution in [3.05, 3.63) is 58.3 Å². The van der Waals surface area contributed by atoms with Crippen molar-refractivity contribution < 1.29 is 5.11 Å². The number of nitrogens with one attached hydrogen (secondary N) is 1. The van der Waals surface area contributed by atoms with E-state index in [1.807, 2.05) is 24.4 Å². The number of aromatic hydroxyl groups is 1. The summed E-state index contributed by atoms with van der Waals surface area (Å²) in [5, 5.41) is 12.8. The maximum absolute atomic E-state index is 9.42. The molecule has 2 rings (SSSR count). The lowest BCUT2D eigenvalue weighted by Crippen LogP contribution is -2.18. The number of benzene rings is 1. The van der Waals surface area contributed by atoms with Gasteiger partial charge in [-0.25, -0.2) is 0 Å². The number of rotatable bonds is 4. The normalized spacial score (nSPS) is 12.3. The topological polar surface area (TPSA) is 45.1 Å². The third-order valence-electron chi connectivity index (χ3n) is 2.81. The summed E-state index contributed by atoms with van der Waals surface area (Å²) in [4.78, 5) is 4.11. The molecule has 0 aliphatic heterocycles. The number of nitrogens with zero attached hydrogens (tertiary/aromatic N) is 1. The van der Waals surface area contributed by atoms with Crippen molar-refractivity contribution >= 4 is 15.9 Å². The second kappa shape index (κ2) is 5.98. The Morgan fingerprint density at radius 1 is 1.39 bits per heavy atom. The van der Waals surface area contributed by atoms with E-state index in [9.17, 15) is 5.11 Å². The molecule has 0 saturated heterocycles. The van der Waals surface area contributed by atoms with Gasteiger partial charge < -0.3 is 10.4 Å². The minimum Gasteiger partial charge on any atom is -0.507 e. The molecule has 0 aliphatic rings. The van der Waals surface area contributed by atoms with Crippen molar-refractivity contribution in [2.45, 2.75) is 19.5 Å². The van der Waals surface area contributed by atoms with Gasteiger partial charge in [-0.2, -0.15) is 0 Å². The molecule has 4 heteroatoms. The largest absolute Gasteiger partial charge is 0.507 e. The Labute approximate surface area is 115 Å². The molecule has 2 aromatic rings. The van der Waals surface area contributed by atoms with E-state index in [4.69, 9.17) is 0 Å². The molecule has 18 heavy (non-hydrogen) atoms. The SMILES string of the molecule is CC(NCc1ccc(O)c(Br)c1)c1cccnc1. The molecule has 0 saturated carbocycles. The Hall–Kier alpha value is -1.39. The van der Waals surface area contributed by atoms with Gasteiger partial charge in [0.15, 0.2) is 0 Å². The number of phenols is 1. The van der Waals surface area contributed by atoms with Gasteiger partial charge in [-0.05, 0) is 52.2 Å². The first kappa shape index (κ1) is 13.1. The van der Waals surface area contributed by atoms with Crippen molar-refractivity contribution in [3.8, 4) is 5.75 Å². The molecule has 0 amide bonds. The van der Waals surface area contributed by atoms with Crippen LogP contribution in [0.5, 0.6) is 5.75 Å². The van der Waals surface area contributed by atoms with Crippen LogP contribution in [0.3, 0.4) is 0 Å². The van der Waals surface area contributed by atoms with E-state index in [1.54, 1.807) is 12.3 Å². The van der Waals surface area contributed by atoms with Crippen molar-refractivity contribution in [1.82, 2.24) is 10.3 Å². The van der Waals surface area contributed by atoms with E-state index in [1.165, 1.54) is 0 Å². The second-order valence-corrected chi connectivity index (χ2v) is 5.03. The number of phenolic OH excluding ortho intramolecular Hbond substituents is 1. The predicted molar refractivity (Wildman–Crippen MR) is 75.3 cm³/mol. The third kappa shape index (κ3) is 3.31. The van der Waals surface area contributed by atoms with E-state index in [0.717, 1.165) is 22.1 Å². The fourth-order valence-electron chi connectivity index (χ4n) is 1.68. The highest BCUT2D eigenvalue weighted by molar-refractivity contribution is 9.10. The molecule has 3 nitrogen and oxygen atoms in total. The fraction of sp³-hybridized carbons (Fsp3) is 0.214. The van der Waals surface area contributed by atoms with Crippen LogP contribution in [-0.4, -0.2) is 10.1 Å². The Bertz CT molecular complexity index is 516. The van der Waals surface area contributed by atoms with Gasteiger partial charge in [0, 0.05) is 25.0 Å². The second-order valence-electron chi connectivity index (χ2n) is 4.17. The number of pyridine rings is 1. The lowest BCUT2D eigenvalue weighted by atomic mass is 10.1.